The maximum atomic E-state index is 6.16. The molecule has 1 rings (SSSR count). The summed E-state index contributed by atoms with van der Waals surface area (Å²) in [7, 11) is 0.110. The van der Waals surface area contributed by atoms with E-state index in [1.54, 1.807) is 7.11 Å². The molecular formula is C18H30O2Si. The van der Waals surface area contributed by atoms with Crippen molar-refractivity contribution in [2.45, 2.75) is 51.7 Å². The molecule has 0 bridgehead atoms. The summed E-state index contributed by atoms with van der Waals surface area (Å²) in [6.07, 6.45) is 6.52. The molecule has 0 saturated heterocycles. The standard InChI is InChI=1S/C18H30O2Si/c1-18(2,3)21(5,6)20-15-9-7-8-10-16-11-13-17(19-4)14-12-16/h8,10-14H,7,9,15H2,1-6H3/b10-8-. The average Bonchev–Trinajstić information content (AvgIpc) is 2.42. The molecule has 0 heterocycles. The summed E-state index contributed by atoms with van der Waals surface area (Å²) in [4.78, 5) is 0. The van der Waals surface area contributed by atoms with Crippen LogP contribution in [0.4, 0.5) is 0 Å². The van der Waals surface area contributed by atoms with Crippen LogP contribution in [0.5, 0.6) is 5.75 Å². The third-order valence-electron chi connectivity index (χ3n) is 4.21. The van der Waals surface area contributed by atoms with Gasteiger partial charge in [0.25, 0.3) is 0 Å². The molecule has 0 spiro atoms. The highest BCUT2D eigenvalue weighted by Gasteiger charge is 2.36. The highest BCUT2D eigenvalue weighted by atomic mass is 28.4. The van der Waals surface area contributed by atoms with E-state index in [0.717, 1.165) is 25.2 Å². The van der Waals surface area contributed by atoms with E-state index in [2.05, 4.69) is 58.2 Å². The van der Waals surface area contributed by atoms with E-state index in [4.69, 9.17) is 9.16 Å². The van der Waals surface area contributed by atoms with Crippen molar-refractivity contribution >= 4 is 14.4 Å². The average molecular weight is 307 g/mol. The number of hydrogen-bond donors (Lipinski definition) is 0. The Hall–Kier alpha value is -1.06. The van der Waals surface area contributed by atoms with Crippen LogP contribution in [0, 0.1) is 0 Å². The lowest BCUT2D eigenvalue weighted by molar-refractivity contribution is 0.283. The number of allylic oxidation sites excluding steroid dienone is 1. The number of methoxy groups -OCH3 is 1. The molecule has 0 radical (unpaired) electrons. The maximum Gasteiger partial charge on any atom is 0.191 e. The Labute approximate surface area is 131 Å². The number of unbranched alkanes of at least 4 members (excludes halogenated alkanes) is 1. The van der Waals surface area contributed by atoms with Crippen LogP contribution in [0.2, 0.25) is 18.1 Å². The second-order valence-corrected chi connectivity index (χ2v) is 11.7. The summed E-state index contributed by atoms with van der Waals surface area (Å²) in [5, 5.41) is 0.298. The van der Waals surface area contributed by atoms with Crippen LogP contribution in [0.1, 0.15) is 39.2 Å². The van der Waals surface area contributed by atoms with Gasteiger partial charge in [-0.1, -0.05) is 45.1 Å². The zero-order valence-corrected chi connectivity index (χ0v) is 15.4. The van der Waals surface area contributed by atoms with E-state index >= 15 is 0 Å². The minimum absolute atomic E-state index is 0.298. The molecule has 0 N–H and O–H groups in total. The van der Waals surface area contributed by atoms with Crippen molar-refractivity contribution in [2.75, 3.05) is 13.7 Å². The minimum Gasteiger partial charge on any atom is -0.497 e. The van der Waals surface area contributed by atoms with Gasteiger partial charge >= 0.3 is 0 Å². The SMILES string of the molecule is COc1ccc(/C=C\CCCO[Si](C)(C)C(C)(C)C)cc1. The van der Waals surface area contributed by atoms with Crippen molar-refractivity contribution in [1.29, 1.82) is 0 Å². The third kappa shape index (κ3) is 6.06. The van der Waals surface area contributed by atoms with Crippen LogP contribution >= 0.6 is 0 Å². The molecule has 3 heteroatoms. The van der Waals surface area contributed by atoms with Gasteiger partial charge in [0.2, 0.25) is 0 Å². The van der Waals surface area contributed by atoms with Gasteiger partial charge in [0.1, 0.15) is 5.75 Å². The molecule has 0 aromatic heterocycles. The number of rotatable bonds is 7. The molecule has 21 heavy (non-hydrogen) atoms. The fraction of sp³-hybridized carbons (Fsp3) is 0.556. The molecule has 118 valence electrons. The van der Waals surface area contributed by atoms with Gasteiger partial charge in [-0.25, -0.2) is 0 Å². The highest BCUT2D eigenvalue weighted by molar-refractivity contribution is 6.74. The molecule has 0 amide bonds. The molecule has 2 nitrogen and oxygen atoms in total. The lowest BCUT2D eigenvalue weighted by Crippen LogP contribution is -2.40. The molecule has 1 aromatic rings. The summed E-state index contributed by atoms with van der Waals surface area (Å²) in [5.41, 5.74) is 1.21. The largest absolute Gasteiger partial charge is 0.497 e. The van der Waals surface area contributed by atoms with E-state index in [1.165, 1.54) is 5.56 Å². The topological polar surface area (TPSA) is 18.5 Å². The Balaban J connectivity index is 2.29. The first-order valence-electron chi connectivity index (χ1n) is 7.71. The van der Waals surface area contributed by atoms with E-state index in [0.29, 0.717) is 5.04 Å². The molecule has 0 fully saturated rings. The fourth-order valence-corrected chi connectivity index (χ4v) is 2.77. The molecule has 0 unspecified atom stereocenters. The van der Waals surface area contributed by atoms with Crippen LogP contribution in [0.15, 0.2) is 30.3 Å². The van der Waals surface area contributed by atoms with Gasteiger partial charge in [-0.2, -0.15) is 0 Å². The fourth-order valence-electron chi connectivity index (χ4n) is 1.68. The molecule has 0 aliphatic carbocycles. The Bertz CT molecular complexity index is 441. The number of hydrogen-bond acceptors (Lipinski definition) is 2. The summed E-state index contributed by atoms with van der Waals surface area (Å²) in [6.45, 7) is 12.3. The van der Waals surface area contributed by atoms with Crippen molar-refractivity contribution in [3.63, 3.8) is 0 Å². The molecule has 0 saturated carbocycles. The van der Waals surface area contributed by atoms with Gasteiger partial charge in [-0.3, -0.25) is 0 Å². The Morgan fingerprint density at radius 2 is 1.71 bits per heavy atom. The van der Waals surface area contributed by atoms with E-state index in [-0.39, 0.29) is 0 Å². The summed E-state index contributed by atoms with van der Waals surface area (Å²) >= 11 is 0. The Morgan fingerprint density at radius 1 is 1.10 bits per heavy atom. The third-order valence-corrected chi connectivity index (χ3v) is 8.75. The molecule has 0 aliphatic rings. The summed E-state index contributed by atoms with van der Waals surface area (Å²) in [5.74, 6) is 0.898. The zero-order valence-electron chi connectivity index (χ0n) is 14.4. The van der Waals surface area contributed by atoms with Crippen LogP contribution in [-0.4, -0.2) is 22.0 Å². The first-order chi connectivity index (χ1) is 9.76. The van der Waals surface area contributed by atoms with Crippen LogP contribution < -0.4 is 4.74 Å². The van der Waals surface area contributed by atoms with Gasteiger partial charge < -0.3 is 9.16 Å². The van der Waals surface area contributed by atoms with Gasteiger partial charge in [0, 0.05) is 6.61 Å². The lowest BCUT2D eigenvalue weighted by atomic mass is 10.2. The Morgan fingerprint density at radius 3 is 2.24 bits per heavy atom. The van der Waals surface area contributed by atoms with Gasteiger partial charge in [0.15, 0.2) is 8.32 Å². The second-order valence-electron chi connectivity index (χ2n) is 6.93. The molecule has 0 atom stereocenters. The predicted molar refractivity (Wildman–Crippen MR) is 94.4 cm³/mol. The Kier molecular flexibility index (Phi) is 6.69. The van der Waals surface area contributed by atoms with Crippen molar-refractivity contribution in [2.24, 2.45) is 0 Å². The van der Waals surface area contributed by atoms with Crippen molar-refractivity contribution in [3.05, 3.63) is 35.9 Å². The van der Waals surface area contributed by atoms with Crippen molar-refractivity contribution < 1.29 is 9.16 Å². The molecular weight excluding hydrogens is 276 g/mol. The lowest BCUT2D eigenvalue weighted by Gasteiger charge is -2.36. The van der Waals surface area contributed by atoms with Gasteiger partial charge in [0.05, 0.1) is 7.11 Å². The van der Waals surface area contributed by atoms with Crippen LogP contribution in [0.3, 0.4) is 0 Å². The number of benzene rings is 1. The second kappa shape index (κ2) is 7.81. The summed E-state index contributed by atoms with van der Waals surface area (Å²) in [6, 6.07) is 8.11. The molecule has 1 aromatic carbocycles. The quantitative estimate of drug-likeness (QED) is 0.488. The first-order valence-corrected chi connectivity index (χ1v) is 10.6. The maximum absolute atomic E-state index is 6.16. The number of ether oxygens (including phenoxy) is 1. The van der Waals surface area contributed by atoms with Crippen LogP contribution in [-0.2, 0) is 4.43 Å². The van der Waals surface area contributed by atoms with Crippen LogP contribution in [0.25, 0.3) is 6.08 Å². The zero-order chi connectivity index (χ0) is 15.9. The summed E-state index contributed by atoms with van der Waals surface area (Å²) < 4.78 is 11.3. The van der Waals surface area contributed by atoms with Gasteiger partial charge in [-0.15, -0.1) is 0 Å². The van der Waals surface area contributed by atoms with Crippen molar-refractivity contribution in [1.82, 2.24) is 0 Å². The van der Waals surface area contributed by atoms with E-state index in [1.807, 2.05) is 12.1 Å². The smallest absolute Gasteiger partial charge is 0.191 e. The normalized spacial score (nSPS) is 12.9. The minimum atomic E-state index is -1.58. The monoisotopic (exact) mass is 306 g/mol. The van der Waals surface area contributed by atoms with Crippen molar-refractivity contribution in [3.8, 4) is 5.75 Å². The van der Waals surface area contributed by atoms with Gasteiger partial charge in [-0.05, 0) is 48.7 Å². The van der Waals surface area contributed by atoms with E-state index in [9.17, 15) is 0 Å². The van der Waals surface area contributed by atoms with E-state index < -0.39 is 8.32 Å². The highest BCUT2D eigenvalue weighted by Crippen LogP contribution is 2.36. The predicted octanol–water partition coefficient (Wildman–Crippen LogP) is 5.51. The molecule has 0 aliphatic heterocycles. The first kappa shape index (κ1) is 18.0.